The Morgan fingerprint density at radius 2 is 2.00 bits per heavy atom. The van der Waals surface area contributed by atoms with Crippen LogP contribution in [0, 0.1) is 0 Å². The zero-order chi connectivity index (χ0) is 7.49. The summed E-state index contributed by atoms with van der Waals surface area (Å²) >= 11 is 4.76. The van der Waals surface area contributed by atoms with E-state index >= 15 is 0 Å². The second-order valence-corrected chi connectivity index (χ2v) is 3.25. The van der Waals surface area contributed by atoms with E-state index in [2.05, 4.69) is 0 Å². The lowest BCUT2D eigenvalue weighted by molar-refractivity contribution is 0.119. The maximum atomic E-state index is 5.21. The summed E-state index contributed by atoms with van der Waals surface area (Å²) in [5.41, 5.74) is 5.02. The molecule has 0 bridgehead atoms. The molecule has 3 heteroatoms. The number of thiocarbonyl (C=S) groups is 1. The molecule has 0 rings (SSSR count). The molecule has 0 atom stereocenters. The normalized spacial score (nSPS) is 11.1. The van der Waals surface area contributed by atoms with Gasteiger partial charge in [-0.25, -0.2) is 0 Å². The standard InChI is InChI=1S/C6H13NOS/c1-6(2,3)8-5(9)4-7/h4,7H2,1-3H3. The first-order valence-corrected chi connectivity index (χ1v) is 3.28. The van der Waals surface area contributed by atoms with Crippen LogP contribution in [-0.4, -0.2) is 17.2 Å². The fourth-order valence-corrected chi connectivity index (χ4v) is 0.633. The lowest BCUT2D eigenvalue weighted by Crippen LogP contribution is -2.27. The molecule has 0 aromatic heterocycles. The largest absolute Gasteiger partial charge is 0.480 e. The van der Waals surface area contributed by atoms with Gasteiger partial charge in [0.2, 0.25) is 0 Å². The number of rotatable bonds is 1. The van der Waals surface area contributed by atoms with Crippen LogP contribution in [-0.2, 0) is 4.74 Å². The van der Waals surface area contributed by atoms with Gasteiger partial charge in [0.05, 0.1) is 6.54 Å². The highest BCUT2D eigenvalue weighted by molar-refractivity contribution is 7.80. The molecule has 54 valence electrons. The minimum absolute atomic E-state index is 0.198. The number of hydrogen-bond donors (Lipinski definition) is 1. The molecule has 0 spiro atoms. The highest BCUT2D eigenvalue weighted by Crippen LogP contribution is 2.06. The van der Waals surface area contributed by atoms with Crippen molar-refractivity contribution in [3.63, 3.8) is 0 Å². The van der Waals surface area contributed by atoms with Gasteiger partial charge in [-0.15, -0.1) is 0 Å². The van der Waals surface area contributed by atoms with Gasteiger partial charge in [0.15, 0.2) is 5.05 Å². The van der Waals surface area contributed by atoms with E-state index in [1.165, 1.54) is 0 Å². The van der Waals surface area contributed by atoms with E-state index in [1.54, 1.807) is 0 Å². The Morgan fingerprint density at radius 1 is 1.56 bits per heavy atom. The van der Waals surface area contributed by atoms with Gasteiger partial charge < -0.3 is 10.5 Å². The molecule has 0 heterocycles. The molecule has 0 radical (unpaired) electrons. The van der Waals surface area contributed by atoms with Crippen LogP contribution in [0.3, 0.4) is 0 Å². The van der Waals surface area contributed by atoms with Crippen molar-refractivity contribution in [2.24, 2.45) is 5.73 Å². The molecule has 0 aliphatic heterocycles. The quantitative estimate of drug-likeness (QED) is 0.564. The van der Waals surface area contributed by atoms with E-state index in [1.807, 2.05) is 20.8 Å². The fourth-order valence-electron chi connectivity index (χ4n) is 0.383. The average molecular weight is 147 g/mol. The lowest BCUT2D eigenvalue weighted by atomic mass is 10.2. The summed E-state index contributed by atoms with van der Waals surface area (Å²) in [7, 11) is 0. The van der Waals surface area contributed by atoms with Gasteiger partial charge in [-0.2, -0.15) is 0 Å². The summed E-state index contributed by atoms with van der Waals surface area (Å²) < 4.78 is 5.19. The highest BCUT2D eigenvalue weighted by atomic mass is 32.1. The molecule has 9 heavy (non-hydrogen) atoms. The third-order valence-electron chi connectivity index (χ3n) is 0.587. The lowest BCUT2D eigenvalue weighted by Gasteiger charge is -2.20. The first-order chi connectivity index (χ1) is 3.95. The Hall–Kier alpha value is -0.150. The Balaban J connectivity index is 3.60. The van der Waals surface area contributed by atoms with Crippen LogP contribution < -0.4 is 5.73 Å². The Labute approximate surface area is 61.4 Å². The molecule has 0 fully saturated rings. The van der Waals surface area contributed by atoms with Crippen LogP contribution in [0.15, 0.2) is 0 Å². The first-order valence-electron chi connectivity index (χ1n) is 2.87. The van der Waals surface area contributed by atoms with Gasteiger partial charge in [-0.1, -0.05) is 0 Å². The van der Waals surface area contributed by atoms with Gasteiger partial charge in [0.1, 0.15) is 5.60 Å². The molecule has 0 aromatic rings. The molecular weight excluding hydrogens is 134 g/mol. The molecular formula is C6H13NOS. The van der Waals surface area contributed by atoms with Crippen molar-refractivity contribution in [3.8, 4) is 0 Å². The summed E-state index contributed by atoms with van der Waals surface area (Å²) in [6.07, 6.45) is 0. The minimum Gasteiger partial charge on any atom is -0.480 e. The van der Waals surface area contributed by atoms with E-state index in [4.69, 9.17) is 22.7 Å². The molecule has 0 aliphatic rings. The van der Waals surface area contributed by atoms with Crippen LogP contribution >= 0.6 is 12.2 Å². The summed E-state index contributed by atoms with van der Waals surface area (Å²) in [6.45, 7) is 6.14. The second kappa shape index (κ2) is 3.13. The molecule has 0 aliphatic carbocycles. The van der Waals surface area contributed by atoms with Crippen LogP contribution in [0.2, 0.25) is 0 Å². The number of nitrogens with two attached hydrogens (primary N) is 1. The van der Waals surface area contributed by atoms with E-state index in [0.29, 0.717) is 11.6 Å². The average Bonchev–Trinajstić information content (AvgIpc) is 1.62. The Bertz CT molecular complexity index is 106. The van der Waals surface area contributed by atoms with Crippen LogP contribution in [0.4, 0.5) is 0 Å². The maximum absolute atomic E-state index is 5.21. The summed E-state index contributed by atoms with van der Waals surface area (Å²) in [4.78, 5) is 0. The third kappa shape index (κ3) is 5.73. The minimum atomic E-state index is -0.198. The van der Waals surface area contributed by atoms with E-state index < -0.39 is 0 Å². The van der Waals surface area contributed by atoms with Gasteiger partial charge in [-0.3, -0.25) is 0 Å². The SMILES string of the molecule is CC(C)(C)OC(=S)CN. The van der Waals surface area contributed by atoms with Crippen molar-refractivity contribution in [3.05, 3.63) is 0 Å². The van der Waals surface area contributed by atoms with Crippen molar-refractivity contribution in [1.29, 1.82) is 0 Å². The van der Waals surface area contributed by atoms with E-state index in [-0.39, 0.29) is 5.60 Å². The molecule has 2 N–H and O–H groups in total. The van der Waals surface area contributed by atoms with Crippen molar-refractivity contribution in [2.45, 2.75) is 26.4 Å². The molecule has 0 saturated heterocycles. The second-order valence-electron chi connectivity index (χ2n) is 2.79. The van der Waals surface area contributed by atoms with Crippen molar-refractivity contribution in [1.82, 2.24) is 0 Å². The zero-order valence-corrected chi connectivity index (χ0v) is 6.92. The van der Waals surface area contributed by atoms with Gasteiger partial charge in [-0.05, 0) is 33.0 Å². The molecule has 2 nitrogen and oxygen atoms in total. The van der Waals surface area contributed by atoms with E-state index in [9.17, 15) is 0 Å². The van der Waals surface area contributed by atoms with Crippen LogP contribution in [0.5, 0.6) is 0 Å². The summed E-state index contributed by atoms with van der Waals surface area (Å²) in [5, 5.41) is 0.475. The number of hydrogen-bond acceptors (Lipinski definition) is 3. The Morgan fingerprint density at radius 3 is 2.11 bits per heavy atom. The first kappa shape index (κ1) is 8.85. The molecule has 0 unspecified atom stereocenters. The van der Waals surface area contributed by atoms with Gasteiger partial charge >= 0.3 is 0 Å². The summed E-state index contributed by atoms with van der Waals surface area (Å²) in [5.74, 6) is 0. The van der Waals surface area contributed by atoms with Crippen molar-refractivity contribution < 1.29 is 4.74 Å². The highest BCUT2D eigenvalue weighted by Gasteiger charge is 2.11. The molecule has 0 aromatic carbocycles. The smallest absolute Gasteiger partial charge is 0.174 e. The van der Waals surface area contributed by atoms with Gasteiger partial charge in [0, 0.05) is 0 Å². The third-order valence-corrected chi connectivity index (χ3v) is 0.837. The van der Waals surface area contributed by atoms with E-state index in [0.717, 1.165) is 0 Å². The van der Waals surface area contributed by atoms with Gasteiger partial charge in [0.25, 0.3) is 0 Å². The predicted molar refractivity (Wildman–Crippen MR) is 42.5 cm³/mol. The van der Waals surface area contributed by atoms with Crippen LogP contribution in [0.25, 0.3) is 0 Å². The summed E-state index contributed by atoms with van der Waals surface area (Å²) in [6, 6.07) is 0. The molecule has 0 amide bonds. The fraction of sp³-hybridized carbons (Fsp3) is 0.833. The van der Waals surface area contributed by atoms with Crippen molar-refractivity contribution in [2.75, 3.05) is 6.54 Å². The zero-order valence-electron chi connectivity index (χ0n) is 6.10. The van der Waals surface area contributed by atoms with Crippen molar-refractivity contribution >= 4 is 17.3 Å². The maximum Gasteiger partial charge on any atom is 0.174 e. The topological polar surface area (TPSA) is 35.2 Å². The monoisotopic (exact) mass is 147 g/mol. The molecule has 0 saturated carbocycles. The number of ether oxygens (including phenoxy) is 1. The predicted octanol–water partition coefficient (Wildman–Crippen LogP) is 1.09. The van der Waals surface area contributed by atoms with Crippen LogP contribution in [0.1, 0.15) is 20.8 Å². The Kier molecular flexibility index (Phi) is 3.08.